The molecule has 1 rings (SSSR count). The van der Waals surface area contributed by atoms with E-state index in [1.165, 1.54) is 5.56 Å². The number of aliphatic hydroxyl groups excluding tert-OH is 1. The molecule has 2 N–H and O–H groups in total. The second-order valence-corrected chi connectivity index (χ2v) is 6.24. The fourth-order valence-corrected chi connectivity index (χ4v) is 1.99. The van der Waals surface area contributed by atoms with Crippen LogP contribution in [0.15, 0.2) is 24.3 Å². The summed E-state index contributed by atoms with van der Waals surface area (Å²) < 4.78 is 0. The Balaban J connectivity index is 2.95. The van der Waals surface area contributed by atoms with Gasteiger partial charge in [0.25, 0.3) is 0 Å². The Labute approximate surface area is 111 Å². The van der Waals surface area contributed by atoms with Crippen LogP contribution in [-0.2, 0) is 11.0 Å². The van der Waals surface area contributed by atoms with E-state index < -0.39 is 0 Å². The number of hydrogen-bond acceptors (Lipinski definition) is 2. The van der Waals surface area contributed by atoms with Crippen LogP contribution in [-0.4, -0.2) is 18.3 Å². The van der Waals surface area contributed by atoms with Gasteiger partial charge in [-0.3, -0.25) is 0 Å². The summed E-state index contributed by atoms with van der Waals surface area (Å²) in [5.74, 6) is 0. The Morgan fingerprint density at radius 3 is 1.89 bits per heavy atom. The molecule has 1 atom stereocenters. The zero-order chi connectivity index (χ0) is 13.8. The molecule has 1 aromatic rings. The summed E-state index contributed by atoms with van der Waals surface area (Å²) in [6.07, 6.45) is 1.07. The van der Waals surface area contributed by atoms with Crippen molar-refractivity contribution in [3.05, 3.63) is 35.4 Å². The van der Waals surface area contributed by atoms with E-state index in [-0.39, 0.29) is 17.6 Å². The van der Waals surface area contributed by atoms with Crippen molar-refractivity contribution in [2.45, 2.75) is 52.0 Å². The average Bonchev–Trinajstić information content (AvgIpc) is 2.35. The second-order valence-electron chi connectivity index (χ2n) is 6.24. The van der Waals surface area contributed by atoms with Gasteiger partial charge in [0, 0.05) is 0 Å². The van der Waals surface area contributed by atoms with E-state index in [1.54, 1.807) is 0 Å². The number of rotatable bonds is 5. The maximum Gasteiger partial charge on any atom is 0.0652 e. The van der Waals surface area contributed by atoms with Crippen LogP contribution in [0.25, 0.3) is 0 Å². The third kappa shape index (κ3) is 3.56. The minimum atomic E-state index is -0.341. The van der Waals surface area contributed by atoms with Crippen LogP contribution in [0.4, 0.5) is 0 Å². The highest BCUT2D eigenvalue weighted by molar-refractivity contribution is 5.31. The molecule has 0 heterocycles. The maximum atomic E-state index is 9.63. The summed E-state index contributed by atoms with van der Waals surface area (Å²) in [6, 6.07) is 8.58. The lowest BCUT2D eigenvalue weighted by Crippen LogP contribution is -2.43. The van der Waals surface area contributed by atoms with Gasteiger partial charge in [0.05, 0.1) is 12.1 Å². The predicted octanol–water partition coefficient (Wildman–Crippen LogP) is 3.19. The molecule has 0 aromatic heterocycles. The quantitative estimate of drug-likeness (QED) is 0.840. The maximum absolute atomic E-state index is 9.63. The molecule has 2 heteroatoms. The zero-order valence-corrected chi connectivity index (χ0v) is 12.4. The van der Waals surface area contributed by atoms with Crippen molar-refractivity contribution in [3.63, 3.8) is 0 Å². The van der Waals surface area contributed by atoms with Crippen molar-refractivity contribution in [3.8, 4) is 0 Å². The molecule has 0 amide bonds. The van der Waals surface area contributed by atoms with E-state index in [1.807, 2.05) is 0 Å². The molecule has 1 aromatic carbocycles. The SMILES string of the molecule is CCCNC(C)(CO)c1ccc(C(C)(C)C)cc1. The lowest BCUT2D eigenvalue weighted by Gasteiger charge is -2.30. The van der Waals surface area contributed by atoms with Gasteiger partial charge in [-0.1, -0.05) is 52.0 Å². The zero-order valence-electron chi connectivity index (χ0n) is 12.4. The second kappa shape index (κ2) is 5.85. The van der Waals surface area contributed by atoms with Crippen LogP contribution in [0, 0.1) is 0 Å². The van der Waals surface area contributed by atoms with Crippen LogP contribution in [0.3, 0.4) is 0 Å². The predicted molar refractivity (Wildman–Crippen MR) is 77.9 cm³/mol. The molecule has 1 unspecified atom stereocenters. The van der Waals surface area contributed by atoms with E-state index in [0.717, 1.165) is 18.5 Å². The van der Waals surface area contributed by atoms with E-state index in [0.29, 0.717) is 0 Å². The molecule has 0 aliphatic heterocycles. The topological polar surface area (TPSA) is 32.3 Å². The first-order valence-electron chi connectivity index (χ1n) is 6.80. The summed E-state index contributed by atoms with van der Waals surface area (Å²) in [5.41, 5.74) is 2.30. The number of nitrogens with one attached hydrogen (secondary N) is 1. The molecular formula is C16H27NO. The van der Waals surface area contributed by atoms with Crippen LogP contribution in [0.1, 0.15) is 52.2 Å². The van der Waals surface area contributed by atoms with Crippen molar-refractivity contribution in [1.29, 1.82) is 0 Å². The first-order valence-corrected chi connectivity index (χ1v) is 6.80. The Morgan fingerprint density at radius 1 is 1.00 bits per heavy atom. The summed E-state index contributed by atoms with van der Waals surface area (Å²) in [6.45, 7) is 11.8. The van der Waals surface area contributed by atoms with Gasteiger partial charge in [-0.15, -0.1) is 0 Å². The lowest BCUT2D eigenvalue weighted by molar-refractivity contribution is 0.175. The van der Waals surface area contributed by atoms with Gasteiger partial charge in [-0.25, -0.2) is 0 Å². The summed E-state index contributed by atoms with van der Waals surface area (Å²) in [7, 11) is 0. The molecule has 102 valence electrons. The fraction of sp³-hybridized carbons (Fsp3) is 0.625. The van der Waals surface area contributed by atoms with Gasteiger partial charge in [0.2, 0.25) is 0 Å². The standard InChI is InChI=1S/C16H27NO/c1-6-11-17-16(5,12-18)14-9-7-13(8-10-14)15(2,3)4/h7-10,17-18H,6,11-12H2,1-5H3. The van der Waals surface area contributed by atoms with Crippen LogP contribution in [0.5, 0.6) is 0 Å². The Morgan fingerprint density at radius 2 is 1.50 bits per heavy atom. The average molecular weight is 249 g/mol. The number of aliphatic hydroxyl groups is 1. The third-order valence-electron chi connectivity index (χ3n) is 3.47. The first-order chi connectivity index (χ1) is 8.33. The summed E-state index contributed by atoms with van der Waals surface area (Å²) in [4.78, 5) is 0. The Kier molecular flexibility index (Phi) is 4.94. The smallest absolute Gasteiger partial charge is 0.0652 e. The molecule has 0 aliphatic carbocycles. The fourth-order valence-electron chi connectivity index (χ4n) is 1.99. The molecule has 0 spiro atoms. The highest BCUT2D eigenvalue weighted by Gasteiger charge is 2.25. The van der Waals surface area contributed by atoms with E-state index in [9.17, 15) is 5.11 Å². The summed E-state index contributed by atoms with van der Waals surface area (Å²) >= 11 is 0. The molecule has 0 fully saturated rings. The molecular weight excluding hydrogens is 222 g/mol. The Bertz CT molecular complexity index is 364. The highest BCUT2D eigenvalue weighted by atomic mass is 16.3. The van der Waals surface area contributed by atoms with Crippen molar-refractivity contribution in [2.75, 3.05) is 13.2 Å². The van der Waals surface area contributed by atoms with Crippen LogP contribution < -0.4 is 5.32 Å². The summed E-state index contributed by atoms with van der Waals surface area (Å²) in [5, 5.41) is 13.1. The minimum absolute atomic E-state index is 0.113. The van der Waals surface area contributed by atoms with Gasteiger partial charge in [0.15, 0.2) is 0 Å². The largest absolute Gasteiger partial charge is 0.394 e. The Hall–Kier alpha value is -0.860. The van der Waals surface area contributed by atoms with E-state index in [2.05, 4.69) is 64.2 Å². The van der Waals surface area contributed by atoms with Gasteiger partial charge in [0.1, 0.15) is 0 Å². The van der Waals surface area contributed by atoms with Crippen molar-refractivity contribution >= 4 is 0 Å². The molecule has 18 heavy (non-hydrogen) atoms. The first kappa shape index (κ1) is 15.2. The molecule has 0 saturated heterocycles. The lowest BCUT2D eigenvalue weighted by atomic mass is 9.84. The van der Waals surface area contributed by atoms with Gasteiger partial charge < -0.3 is 10.4 Å². The molecule has 0 radical (unpaired) electrons. The van der Waals surface area contributed by atoms with E-state index >= 15 is 0 Å². The monoisotopic (exact) mass is 249 g/mol. The molecule has 0 aliphatic rings. The molecule has 0 saturated carbocycles. The van der Waals surface area contributed by atoms with Crippen molar-refractivity contribution in [1.82, 2.24) is 5.32 Å². The van der Waals surface area contributed by atoms with E-state index in [4.69, 9.17) is 0 Å². The van der Waals surface area contributed by atoms with Gasteiger partial charge in [-0.2, -0.15) is 0 Å². The molecule has 2 nitrogen and oxygen atoms in total. The highest BCUT2D eigenvalue weighted by Crippen LogP contribution is 2.26. The third-order valence-corrected chi connectivity index (χ3v) is 3.47. The van der Waals surface area contributed by atoms with Crippen LogP contribution in [0.2, 0.25) is 0 Å². The normalized spacial score (nSPS) is 15.4. The van der Waals surface area contributed by atoms with Gasteiger partial charge in [-0.05, 0) is 36.4 Å². The number of hydrogen-bond donors (Lipinski definition) is 2. The van der Waals surface area contributed by atoms with Crippen molar-refractivity contribution < 1.29 is 5.11 Å². The number of benzene rings is 1. The molecule has 0 bridgehead atoms. The van der Waals surface area contributed by atoms with Crippen LogP contribution >= 0.6 is 0 Å². The van der Waals surface area contributed by atoms with Gasteiger partial charge >= 0.3 is 0 Å². The minimum Gasteiger partial charge on any atom is -0.394 e. The van der Waals surface area contributed by atoms with Crippen molar-refractivity contribution in [2.24, 2.45) is 0 Å².